The van der Waals surface area contributed by atoms with Gasteiger partial charge < -0.3 is 4.74 Å². The van der Waals surface area contributed by atoms with Crippen LogP contribution >= 0.6 is 15.9 Å². The summed E-state index contributed by atoms with van der Waals surface area (Å²) in [4.78, 5) is 16.6. The number of pyridine rings is 1. The number of aromatic nitrogens is 1. The molecule has 0 bridgehead atoms. The van der Waals surface area contributed by atoms with E-state index in [-0.39, 0.29) is 5.78 Å². The molecule has 0 aliphatic heterocycles. The molecule has 0 N–H and O–H groups in total. The number of Topliss-reactive ketones (excluding diaryl/α,β-unsaturated/α-hetero) is 1. The lowest BCUT2D eigenvalue weighted by Gasteiger charge is -2.11. The maximum atomic E-state index is 12.2. The second kappa shape index (κ2) is 6.85. The number of nitrogens with zero attached hydrogens (tertiary/aromatic N) is 1. The standard InChI is InChI=1S/C17H18BrNO2/c1-11-10-19-16(12(2)17(11)21-3)9-15(20)8-13-5-4-6-14(18)7-13/h4-7,10H,8-9H2,1-3H3. The summed E-state index contributed by atoms with van der Waals surface area (Å²) in [5.41, 5.74) is 3.72. The molecule has 3 nitrogen and oxygen atoms in total. The van der Waals surface area contributed by atoms with Crippen molar-refractivity contribution < 1.29 is 9.53 Å². The third-order valence-corrected chi connectivity index (χ3v) is 3.90. The Morgan fingerprint density at radius 3 is 2.71 bits per heavy atom. The van der Waals surface area contributed by atoms with Gasteiger partial charge in [-0.05, 0) is 31.5 Å². The average molecular weight is 348 g/mol. The van der Waals surface area contributed by atoms with Gasteiger partial charge in [0.25, 0.3) is 0 Å². The minimum atomic E-state index is 0.148. The largest absolute Gasteiger partial charge is 0.496 e. The van der Waals surface area contributed by atoms with Gasteiger partial charge >= 0.3 is 0 Å². The van der Waals surface area contributed by atoms with Crippen molar-refractivity contribution >= 4 is 21.7 Å². The highest BCUT2D eigenvalue weighted by molar-refractivity contribution is 9.10. The molecule has 0 saturated carbocycles. The lowest BCUT2D eigenvalue weighted by molar-refractivity contribution is -0.117. The second-order valence-corrected chi connectivity index (χ2v) is 5.98. The molecular weight excluding hydrogens is 330 g/mol. The van der Waals surface area contributed by atoms with E-state index in [9.17, 15) is 4.79 Å². The summed E-state index contributed by atoms with van der Waals surface area (Å²) >= 11 is 3.42. The summed E-state index contributed by atoms with van der Waals surface area (Å²) in [7, 11) is 1.64. The first-order chi connectivity index (χ1) is 10.0. The number of benzene rings is 1. The Morgan fingerprint density at radius 1 is 1.29 bits per heavy atom. The Balaban J connectivity index is 2.13. The molecule has 21 heavy (non-hydrogen) atoms. The zero-order valence-electron chi connectivity index (χ0n) is 12.4. The van der Waals surface area contributed by atoms with Crippen LogP contribution in [-0.4, -0.2) is 17.9 Å². The number of carbonyl (C=O) groups is 1. The third-order valence-electron chi connectivity index (χ3n) is 3.40. The fraction of sp³-hybridized carbons (Fsp3) is 0.294. The molecule has 2 rings (SSSR count). The first-order valence-corrected chi connectivity index (χ1v) is 7.55. The molecule has 4 heteroatoms. The highest BCUT2D eigenvalue weighted by Crippen LogP contribution is 2.24. The molecular formula is C17H18BrNO2. The molecule has 0 fully saturated rings. The number of hydrogen-bond acceptors (Lipinski definition) is 3. The van der Waals surface area contributed by atoms with Crippen LogP contribution in [0.5, 0.6) is 5.75 Å². The predicted molar refractivity (Wildman–Crippen MR) is 86.8 cm³/mol. The molecule has 0 atom stereocenters. The molecule has 0 radical (unpaired) electrons. The quantitative estimate of drug-likeness (QED) is 0.825. The van der Waals surface area contributed by atoms with E-state index in [0.717, 1.165) is 32.6 Å². The minimum absolute atomic E-state index is 0.148. The monoisotopic (exact) mass is 347 g/mol. The van der Waals surface area contributed by atoms with Crippen molar-refractivity contribution in [1.29, 1.82) is 0 Å². The lowest BCUT2D eigenvalue weighted by Crippen LogP contribution is -2.10. The van der Waals surface area contributed by atoms with Gasteiger partial charge in [0.15, 0.2) is 0 Å². The van der Waals surface area contributed by atoms with E-state index in [1.54, 1.807) is 13.3 Å². The predicted octanol–water partition coefficient (Wildman–Crippen LogP) is 3.82. The van der Waals surface area contributed by atoms with E-state index >= 15 is 0 Å². The van der Waals surface area contributed by atoms with Crippen LogP contribution in [0.3, 0.4) is 0 Å². The molecule has 1 aromatic heterocycles. The van der Waals surface area contributed by atoms with Gasteiger partial charge in [0.1, 0.15) is 11.5 Å². The van der Waals surface area contributed by atoms with Crippen LogP contribution in [-0.2, 0) is 17.6 Å². The van der Waals surface area contributed by atoms with Gasteiger partial charge in [0.2, 0.25) is 0 Å². The normalized spacial score (nSPS) is 10.5. The van der Waals surface area contributed by atoms with E-state index in [4.69, 9.17) is 4.74 Å². The van der Waals surface area contributed by atoms with Crippen LogP contribution in [0.1, 0.15) is 22.4 Å². The Hall–Kier alpha value is -1.68. The summed E-state index contributed by atoms with van der Waals surface area (Å²) in [6.07, 6.45) is 2.50. The van der Waals surface area contributed by atoms with E-state index in [0.29, 0.717) is 12.8 Å². The maximum absolute atomic E-state index is 12.2. The SMILES string of the molecule is COc1c(C)cnc(CC(=O)Cc2cccc(Br)c2)c1C. The smallest absolute Gasteiger partial charge is 0.143 e. The second-order valence-electron chi connectivity index (χ2n) is 5.07. The van der Waals surface area contributed by atoms with Gasteiger partial charge in [-0.3, -0.25) is 9.78 Å². The molecule has 1 aromatic carbocycles. The van der Waals surface area contributed by atoms with Crippen LogP contribution < -0.4 is 4.74 Å². The molecule has 0 saturated heterocycles. The van der Waals surface area contributed by atoms with Gasteiger partial charge in [-0.1, -0.05) is 28.1 Å². The molecule has 0 spiro atoms. The van der Waals surface area contributed by atoms with Crippen molar-refractivity contribution in [3.63, 3.8) is 0 Å². The summed E-state index contributed by atoms with van der Waals surface area (Å²) in [5.74, 6) is 0.963. The van der Waals surface area contributed by atoms with Crippen molar-refractivity contribution in [2.45, 2.75) is 26.7 Å². The molecule has 0 aliphatic rings. The van der Waals surface area contributed by atoms with Crippen molar-refractivity contribution in [1.82, 2.24) is 4.98 Å². The third kappa shape index (κ3) is 3.91. The maximum Gasteiger partial charge on any atom is 0.143 e. The summed E-state index contributed by atoms with van der Waals surface area (Å²) in [5, 5.41) is 0. The molecule has 110 valence electrons. The highest BCUT2D eigenvalue weighted by atomic mass is 79.9. The van der Waals surface area contributed by atoms with Crippen molar-refractivity contribution in [3.05, 3.63) is 57.3 Å². The Kier molecular flexibility index (Phi) is 5.12. The summed E-state index contributed by atoms with van der Waals surface area (Å²) in [6, 6.07) is 7.81. The van der Waals surface area contributed by atoms with Gasteiger partial charge in [-0.25, -0.2) is 0 Å². The first-order valence-electron chi connectivity index (χ1n) is 6.76. The van der Waals surface area contributed by atoms with Crippen LogP contribution in [0.15, 0.2) is 34.9 Å². The van der Waals surface area contributed by atoms with Gasteiger partial charge in [-0.15, -0.1) is 0 Å². The fourth-order valence-electron chi connectivity index (χ4n) is 2.37. The van der Waals surface area contributed by atoms with Gasteiger partial charge in [0, 0.05) is 34.6 Å². The van der Waals surface area contributed by atoms with Crippen molar-refractivity contribution in [2.75, 3.05) is 7.11 Å². The number of aryl methyl sites for hydroxylation is 1. The van der Waals surface area contributed by atoms with Crippen LogP contribution in [0, 0.1) is 13.8 Å². The fourth-order valence-corrected chi connectivity index (χ4v) is 2.82. The highest BCUT2D eigenvalue weighted by Gasteiger charge is 2.13. The van der Waals surface area contributed by atoms with E-state index in [2.05, 4.69) is 20.9 Å². The van der Waals surface area contributed by atoms with Crippen LogP contribution in [0.4, 0.5) is 0 Å². The van der Waals surface area contributed by atoms with Crippen LogP contribution in [0.25, 0.3) is 0 Å². The number of halogens is 1. The van der Waals surface area contributed by atoms with Gasteiger partial charge in [0.05, 0.1) is 12.8 Å². The van der Waals surface area contributed by atoms with E-state index in [1.165, 1.54) is 0 Å². The Bertz CT molecular complexity index is 668. The van der Waals surface area contributed by atoms with E-state index < -0.39 is 0 Å². The first kappa shape index (κ1) is 15.7. The zero-order valence-corrected chi connectivity index (χ0v) is 14.0. The number of carbonyl (C=O) groups excluding carboxylic acids is 1. The summed E-state index contributed by atoms with van der Waals surface area (Å²) < 4.78 is 6.36. The lowest BCUT2D eigenvalue weighted by atomic mass is 10.0. The Labute approximate surface area is 133 Å². The average Bonchev–Trinajstić information content (AvgIpc) is 2.42. The topological polar surface area (TPSA) is 39.2 Å². The zero-order chi connectivity index (χ0) is 15.4. The van der Waals surface area contributed by atoms with Crippen molar-refractivity contribution in [3.8, 4) is 5.75 Å². The number of rotatable bonds is 5. The Morgan fingerprint density at radius 2 is 2.05 bits per heavy atom. The number of methoxy groups -OCH3 is 1. The number of ether oxygens (including phenoxy) is 1. The summed E-state index contributed by atoms with van der Waals surface area (Å²) in [6.45, 7) is 3.90. The molecule has 0 aliphatic carbocycles. The molecule has 0 amide bonds. The molecule has 0 unspecified atom stereocenters. The van der Waals surface area contributed by atoms with Crippen molar-refractivity contribution in [2.24, 2.45) is 0 Å². The minimum Gasteiger partial charge on any atom is -0.496 e. The molecule has 2 aromatic rings. The number of ketones is 1. The molecule has 1 heterocycles. The van der Waals surface area contributed by atoms with Gasteiger partial charge in [-0.2, -0.15) is 0 Å². The van der Waals surface area contributed by atoms with Crippen LogP contribution in [0.2, 0.25) is 0 Å². The van der Waals surface area contributed by atoms with E-state index in [1.807, 2.05) is 38.1 Å². The number of hydrogen-bond donors (Lipinski definition) is 0.